The molecule has 3 aromatic rings. The molecule has 186 valence electrons. The number of ether oxygens (including phenoxy) is 1. The minimum atomic E-state index is -3.96. The van der Waals surface area contributed by atoms with Gasteiger partial charge in [0.25, 0.3) is 5.69 Å². The first-order chi connectivity index (χ1) is 17.2. The molecule has 3 atom stereocenters. The largest absolute Gasteiger partial charge is 0.358 e. The first-order valence-electron chi connectivity index (χ1n) is 11.9. The fraction of sp³-hybridized carbons (Fsp3) is 0.286. The van der Waals surface area contributed by atoms with Gasteiger partial charge in [0, 0.05) is 12.1 Å². The SMILES string of the molecule is CC1(C)OC[C@@H](/C=C/C2[C@@H](c3ccccc3)[C@@H]2c2ccccc2)N1S(=O)(=O)c1ccc([N+](=O)[O-])cc1. The van der Waals surface area contributed by atoms with E-state index < -0.39 is 26.7 Å². The number of allylic oxidation sites excluding steroid dienone is 1. The van der Waals surface area contributed by atoms with Crippen molar-refractivity contribution < 1.29 is 18.1 Å². The van der Waals surface area contributed by atoms with Crippen LogP contribution in [0.4, 0.5) is 5.69 Å². The molecular weight excluding hydrogens is 476 g/mol. The van der Waals surface area contributed by atoms with Crippen LogP contribution >= 0.6 is 0 Å². The molecule has 1 aliphatic heterocycles. The summed E-state index contributed by atoms with van der Waals surface area (Å²) in [6.45, 7) is 3.68. The summed E-state index contributed by atoms with van der Waals surface area (Å²) in [6, 6.07) is 25.2. The summed E-state index contributed by atoms with van der Waals surface area (Å²) in [5.41, 5.74) is 1.31. The Labute approximate surface area is 211 Å². The third-order valence-electron chi connectivity index (χ3n) is 7.04. The molecule has 0 aromatic heterocycles. The van der Waals surface area contributed by atoms with Gasteiger partial charge >= 0.3 is 0 Å². The Morgan fingerprint density at radius 2 is 1.42 bits per heavy atom. The fourth-order valence-corrected chi connectivity index (χ4v) is 7.14. The number of sulfonamides is 1. The predicted molar refractivity (Wildman–Crippen MR) is 137 cm³/mol. The van der Waals surface area contributed by atoms with Crippen LogP contribution < -0.4 is 0 Å². The lowest BCUT2D eigenvalue weighted by Gasteiger charge is -2.31. The van der Waals surface area contributed by atoms with Crippen LogP contribution in [0.2, 0.25) is 0 Å². The number of nitro groups is 1. The topological polar surface area (TPSA) is 89.8 Å². The molecule has 0 N–H and O–H groups in total. The number of hydrogen-bond acceptors (Lipinski definition) is 5. The Balaban J connectivity index is 1.43. The molecule has 36 heavy (non-hydrogen) atoms. The number of nitrogens with zero attached hydrogens (tertiary/aromatic N) is 2. The van der Waals surface area contributed by atoms with Gasteiger partial charge in [-0.1, -0.05) is 72.8 Å². The summed E-state index contributed by atoms with van der Waals surface area (Å²) < 4.78 is 34.5. The molecule has 5 rings (SSSR count). The first-order valence-corrected chi connectivity index (χ1v) is 13.4. The molecule has 1 saturated carbocycles. The van der Waals surface area contributed by atoms with E-state index in [1.165, 1.54) is 39.7 Å². The molecule has 1 heterocycles. The highest BCUT2D eigenvalue weighted by atomic mass is 32.2. The van der Waals surface area contributed by atoms with E-state index in [1.54, 1.807) is 13.8 Å². The highest BCUT2D eigenvalue weighted by Crippen LogP contribution is 2.61. The second-order valence-electron chi connectivity index (χ2n) is 9.71. The van der Waals surface area contributed by atoms with Gasteiger partial charge in [0.05, 0.1) is 22.5 Å². The van der Waals surface area contributed by atoms with Gasteiger partial charge in [-0.15, -0.1) is 0 Å². The van der Waals surface area contributed by atoms with Gasteiger partial charge in [-0.3, -0.25) is 10.1 Å². The minimum Gasteiger partial charge on any atom is -0.358 e. The van der Waals surface area contributed by atoms with Crippen molar-refractivity contribution in [3.8, 4) is 0 Å². The maximum atomic E-state index is 13.6. The Morgan fingerprint density at radius 3 is 1.92 bits per heavy atom. The lowest BCUT2D eigenvalue weighted by Crippen LogP contribution is -2.47. The first kappa shape index (κ1) is 24.4. The van der Waals surface area contributed by atoms with E-state index in [0.29, 0.717) is 11.8 Å². The molecule has 7 nitrogen and oxygen atoms in total. The quantitative estimate of drug-likeness (QED) is 0.242. The molecule has 0 radical (unpaired) electrons. The van der Waals surface area contributed by atoms with Gasteiger partial charge in [-0.2, -0.15) is 4.31 Å². The number of hydrogen-bond donors (Lipinski definition) is 0. The predicted octanol–water partition coefficient (Wildman–Crippen LogP) is 5.47. The van der Waals surface area contributed by atoms with Crippen LogP contribution in [0.15, 0.2) is 102 Å². The van der Waals surface area contributed by atoms with Crippen molar-refractivity contribution >= 4 is 15.7 Å². The third-order valence-corrected chi connectivity index (χ3v) is 9.14. The molecular formula is C28H28N2O5S. The fourth-order valence-electron chi connectivity index (χ4n) is 5.31. The maximum Gasteiger partial charge on any atom is 0.269 e. The summed E-state index contributed by atoms with van der Waals surface area (Å²) in [4.78, 5) is 10.5. The zero-order valence-electron chi connectivity index (χ0n) is 20.1. The molecule has 1 aliphatic carbocycles. The average Bonchev–Trinajstić information content (AvgIpc) is 3.51. The number of benzene rings is 3. The zero-order valence-corrected chi connectivity index (χ0v) is 20.9. The summed E-state index contributed by atoms with van der Waals surface area (Å²) in [5.74, 6) is 0.877. The van der Waals surface area contributed by atoms with Crippen molar-refractivity contribution in [2.24, 2.45) is 5.92 Å². The van der Waals surface area contributed by atoms with Crippen molar-refractivity contribution in [1.29, 1.82) is 0 Å². The molecule has 2 fully saturated rings. The molecule has 0 spiro atoms. The van der Waals surface area contributed by atoms with Crippen LogP contribution in [-0.4, -0.2) is 36.0 Å². The lowest BCUT2D eigenvalue weighted by atomic mass is 10.0. The van der Waals surface area contributed by atoms with Crippen molar-refractivity contribution in [3.63, 3.8) is 0 Å². The van der Waals surface area contributed by atoms with Crippen LogP contribution in [0.25, 0.3) is 0 Å². The number of rotatable bonds is 7. The molecule has 0 unspecified atom stereocenters. The van der Waals surface area contributed by atoms with Gasteiger partial charge < -0.3 is 4.74 Å². The Morgan fingerprint density at radius 1 is 0.889 bits per heavy atom. The molecule has 1 saturated heterocycles. The van der Waals surface area contributed by atoms with Crippen molar-refractivity contribution in [2.45, 2.75) is 42.3 Å². The van der Waals surface area contributed by atoms with E-state index in [4.69, 9.17) is 4.74 Å². The second kappa shape index (κ2) is 9.28. The molecule has 0 bridgehead atoms. The monoisotopic (exact) mass is 504 g/mol. The maximum absolute atomic E-state index is 13.6. The van der Waals surface area contributed by atoms with E-state index in [-0.39, 0.29) is 23.1 Å². The van der Waals surface area contributed by atoms with Crippen LogP contribution in [-0.2, 0) is 14.8 Å². The van der Waals surface area contributed by atoms with Gasteiger partial charge in [-0.25, -0.2) is 8.42 Å². The number of nitro benzene ring substituents is 1. The van der Waals surface area contributed by atoms with Gasteiger partial charge in [0.1, 0.15) is 5.72 Å². The molecule has 2 aliphatic rings. The summed E-state index contributed by atoms with van der Waals surface area (Å²) >= 11 is 0. The van der Waals surface area contributed by atoms with Crippen LogP contribution in [0.3, 0.4) is 0 Å². The van der Waals surface area contributed by atoms with Crippen LogP contribution in [0, 0.1) is 16.0 Å². The highest BCUT2D eigenvalue weighted by Gasteiger charge is 2.51. The van der Waals surface area contributed by atoms with E-state index in [0.717, 1.165) is 0 Å². The van der Waals surface area contributed by atoms with E-state index >= 15 is 0 Å². The van der Waals surface area contributed by atoms with E-state index in [1.807, 2.05) is 42.5 Å². The Hall–Kier alpha value is -3.33. The lowest BCUT2D eigenvalue weighted by molar-refractivity contribution is -0.384. The molecule has 8 heteroatoms. The van der Waals surface area contributed by atoms with Crippen LogP contribution in [0.1, 0.15) is 36.8 Å². The van der Waals surface area contributed by atoms with Crippen molar-refractivity contribution in [2.75, 3.05) is 6.61 Å². The van der Waals surface area contributed by atoms with Crippen molar-refractivity contribution in [3.05, 3.63) is 118 Å². The zero-order chi connectivity index (χ0) is 25.5. The average molecular weight is 505 g/mol. The van der Waals surface area contributed by atoms with E-state index in [9.17, 15) is 18.5 Å². The summed E-state index contributed by atoms with van der Waals surface area (Å²) in [7, 11) is -3.96. The number of non-ortho nitro benzene ring substituents is 1. The normalized spacial score (nSPS) is 25.7. The molecule has 3 aromatic carbocycles. The Kier molecular flexibility index (Phi) is 6.28. The van der Waals surface area contributed by atoms with Crippen LogP contribution in [0.5, 0.6) is 0 Å². The smallest absolute Gasteiger partial charge is 0.269 e. The van der Waals surface area contributed by atoms with Gasteiger partial charge in [0.15, 0.2) is 0 Å². The highest BCUT2D eigenvalue weighted by molar-refractivity contribution is 7.89. The minimum absolute atomic E-state index is 0.000760. The van der Waals surface area contributed by atoms with Gasteiger partial charge in [-0.05, 0) is 54.9 Å². The van der Waals surface area contributed by atoms with Gasteiger partial charge in [0.2, 0.25) is 10.0 Å². The third kappa shape index (κ3) is 4.48. The summed E-state index contributed by atoms with van der Waals surface area (Å²) in [5, 5.41) is 11.0. The van der Waals surface area contributed by atoms with Crippen molar-refractivity contribution in [1.82, 2.24) is 4.31 Å². The molecule has 0 amide bonds. The summed E-state index contributed by atoms with van der Waals surface area (Å²) in [6.07, 6.45) is 4.07. The Bertz CT molecular complexity index is 1330. The standard InChI is InChI=1S/C28H28N2O5S/c1-28(2)29(36(33,34)24-16-13-22(14-17-24)30(31)32)23(19-35-28)15-18-25-26(20-9-5-3-6-10-20)27(25)21-11-7-4-8-12-21/h3-18,23,25-27H,19H2,1-2H3/b18-15+/t23-,26-,27-/m1/s1. The van der Waals surface area contributed by atoms with E-state index in [2.05, 4.69) is 30.3 Å². The second-order valence-corrected chi connectivity index (χ2v) is 11.5.